The monoisotopic (exact) mass is 208 g/mol. The number of ether oxygens (including phenoxy) is 1. The van der Waals surface area contributed by atoms with Gasteiger partial charge in [-0.2, -0.15) is 0 Å². The minimum atomic E-state index is 0.701. The van der Waals surface area contributed by atoms with E-state index in [-0.39, 0.29) is 0 Å². The van der Waals surface area contributed by atoms with Crippen LogP contribution in [0.2, 0.25) is 0 Å². The van der Waals surface area contributed by atoms with Crippen molar-refractivity contribution in [3.05, 3.63) is 12.4 Å². The number of aromatic nitrogens is 2. The normalized spacial score (nSPS) is 17.3. The molecule has 0 amide bonds. The van der Waals surface area contributed by atoms with E-state index in [1.54, 1.807) is 19.5 Å². The molecule has 2 rings (SSSR count). The number of methoxy groups -OCH3 is 1. The van der Waals surface area contributed by atoms with E-state index in [1.165, 1.54) is 0 Å². The Balaban J connectivity index is 2.06. The van der Waals surface area contributed by atoms with Gasteiger partial charge in [-0.3, -0.25) is 0 Å². The maximum absolute atomic E-state index is 5.03. The van der Waals surface area contributed by atoms with E-state index < -0.39 is 0 Å². The Morgan fingerprint density at radius 2 is 2.07 bits per heavy atom. The Morgan fingerprint density at radius 3 is 2.80 bits per heavy atom. The lowest BCUT2D eigenvalue weighted by molar-refractivity contribution is 0.410. The van der Waals surface area contributed by atoms with Crippen LogP contribution in [-0.4, -0.2) is 43.3 Å². The number of rotatable bonds is 2. The van der Waals surface area contributed by atoms with Gasteiger partial charge in [0, 0.05) is 19.6 Å². The van der Waals surface area contributed by atoms with Gasteiger partial charge in [0.2, 0.25) is 5.95 Å². The predicted molar refractivity (Wildman–Crippen MR) is 58.3 cm³/mol. The molecule has 1 aromatic heterocycles. The van der Waals surface area contributed by atoms with Gasteiger partial charge in [-0.15, -0.1) is 0 Å². The summed E-state index contributed by atoms with van der Waals surface area (Å²) in [7, 11) is 1.62. The number of nitrogens with one attached hydrogen (secondary N) is 1. The Bertz CT molecular complexity index is 293. The number of hydrogen-bond acceptors (Lipinski definition) is 5. The van der Waals surface area contributed by atoms with Gasteiger partial charge in [-0.25, -0.2) is 9.97 Å². The van der Waals surface area contributed by atoms with Crippen molar-refractivity contribution in [3.8, 4) is 5.75 Å². The first-order valence-corrected chi connectivity index (χ1v) is 5.22. The standard InChI is InChI=1S/C10H16N4O/c1-15-9-7-12-10(13-8-9)14-5-2-3-11-4-6-14/h7-8,11H,2-6H2,1H3. The van der Waals surface area contributed by atoms with E-state index in [0.29, 0.717) is 5.75 Å². The summed E-state index contributed by atoms with van der Waals surface area (Å²) in [6.45, 7) is 4.05. The molecule has 1 saturated heterocycles. The van der Waals surface area contributed by atoms with Crippen molar-refractivity contribution in [2.45, 2.75) is 6.42 Å². The molecule has 5 heteroatoms. The van der Waals surface area contributed by atoms with Gasteiger partial charge in [0.15, 0.2) is 5.75 Å². The Labute approximate surface area is 89.5 Å². The molecule has 0 spiro atoms. The molecular weight excluding hydrogens is 192 g/mol. The molecule has 0 unspecified atom stereocenters. The van der Waals surface area contributed by atoms with Crippen molar-refractivity contribution in [1.82, 2.24) is 15.3 Å². The highest BCUT2D eigenvalue weighted by atomic mass is 16.5. The van der Waals surface area contributed by atoms with Crippen LogP contribution in [-0.2, 0) is 0 Å². The first-order chi connectivity index (χ1) is 7.40. The minimum Gasteiger partial charge on any atom is -0.494 e. The van der Waals surface area contributed by atoms with Crippen LogP contribution in [0.25, 0.3) is 0 Å². The van der Waals surface area contributed by atoms with Gasteiger partial charge in [0.25, 0.3) is 0 Å². The molecule has 1 fully saturated rings. The second kappa shape index (κ2) is 4.93. The average Bonchev–Trinajstić information content (AvgIpc) is 2.58. The molecule has 82 valence electrons. The molecule has 1 aliphatic rings. The van der Waals surface area contributed by atoms with E-state index in [4.69, 9.17) is 4.74 Å². The molecule has 1 N–H and O–H groups in total. The maximum Gasteiger partial charge on any atom is 0.225 e. The zero-order valence-corrected chi connectivity index (χ0v) is 8.94. The van der Waals surface area contributed by atoms with Crippen molar-refractivity contribution >= 4 is 5.95 Å². The van der Waals surface area contributed by atoms with Crippen molar-refractivity contribution < 1.29 is 4.74 Å². The topological polar surface area (TPSA) is 50.3 Å². The molecule has 2 heterocycles. The summed E-state index contributed by atoms with van der Waals surface area (Å²) < 4.78 is 5.03. The van der Waals surface area contributed by atoms with E-state index in [9.17, 15) is 0 Å². The van der Waals surface area contributed by atoms with Crippen molar-refractivity contribution in [2.75, 3.05) is 38.2 Å². The van der Waals surface area contributed by atoms with Crippen LogP contribution in [0.3, 0.4) is 0 Å². The van der Waals surface area contributed by atoms with Crippen molar-refractivity contribution in [1.29, 1.82) is 0 Å². The van der Waals surface area contributed by atoms with Crippen LogP contribution in [0.15, 0.2) is 12.4 Å². The molecular formula is C10H16N4O. The third-order valence-electron chi connectivity index (χ3n) is 2.47. The van der Waals surface area contributed by atoms with Crippen LogP contribution >= 0.6 is 0 Å². The van der Waals surface area contributed by atoms with E-state index in [0.717, 1.165) is 38.5 Å². The molecule has 15 heavy (non-hydrogen) atoms. The lowest BCUT2D eigenvalue weighted by atomic mass is 10.4. The number of hydrogen-bond donors (Lipinski definition) is 1. The number of anilines is 1. The van der Waals surface area contributed by atoms with E-state index in [2.05, 4.69) is 20.2 Å². The quantitative estimate of drug-likeness (QED) is 0.756. The fraction of sp³-hybridized carbons (Fsp3) is 0.600. The smallest absolute Gasteiger partial charge is 0.225 e. The van der Waals surface area contributed by atoms with Gasteiger partial charge in [-0.05, 0) is 13.0 Å². The highest BCUT2D eigenvalue weighted by Gasteiger charge is 2.11. The van der Waals surface area contributed by atoms with Crippen molar-refractivity contribution in [3.63, 3.8) is 0 Å². The van der Waals surface area contributed by atoms with Gasteiger partial charge in [-0.1, -0.05) is 0 Å². The van der Waals surface area contributed by atoms with Crippen LogP contribution in [0, 0.1) is 0 Å². The summed E-state index contributed by atoms with van der Waals surface area (Å²) in [5, 5.41) is 3.35. The first kappa shape index (κ1) is 10.2. The molecule has 0 atom stereocenters. The Morgan fingerprint density at radius 1 is 1.27 bits per heavy atom. The maximum atomic E-state index is 5.03. The summed E-state index contributed by atoms with van der Waals surface area (Å²) in [5.41, 5.74) is 0. The summed E-state index contributed by atoms with van der Waals surface area (Å²) in [4.78, 5) is 10.7. The summed E-state index contributed by atoms with van der Waals surface area (Å²) in [6.07, 6.45) is 4.55. The Kier molecular flexibility index (Phi) is 3.34. The highest BCUT2D eigenvalue weighted by Crippen LogP contribution is 2.12. The zero-order valence-electron chi connectivity index (χ0n) is 8.94. The summed E-state index contributed by atoms with van der Waals surface area (Å²) in [5.74, 6) is 1.49. The molecule has 0 radical (unpaired) electrons. The molecule has 1 aromatic rings. The fourth-order valence-electron chi connectivity index (χ4n) is 1.62. The van der Waals surface area contributed by atoms with Gasteiger partial charge in [0.1, 0.15) is 0 Å². The van der Waals surface area contributed by atoms with E-state index >= 15 is 0 Å². The third-order valence-corrected chi connectivity index (χ3v) is 2.47. The third kappa shape index (κ3) is 2.56. The predicted octanol–water partition coefficient (Wildman–Crippen LogP) is 0.285. The van der Waals surface area contributed by atoms with Gasteiger partial charge in [0.05, 0.1) is 19.5 Å². The van der Waals surface area contributed by atoms with E-state index in [1.807, 2.05) is 0 Å². The SMILES string of the molecule is COc1cnc(N2CCCNCC2)nc1. The highest BCUT2D eigenvalue weighted by molar-refractivity contribution is 5.31. The van der Waals surface area contributed by atoms with Crippen LogP contribution in [0.5, 0.6) is 5.75 Å². The second-order valence-electron chi connectivity index (χ2n) is 3.51. The molecule has 5 nitrogen and oxygen atoms in total. The fourth-order valence-corrected chi connectivity index (χ4v) is 1.62. The minimum absolute atomic E-state index is 0.701. The largest absolute Gasteiger partial charge is 0.494 e. The molecule has 0 aliphatic carbocycles. The molecule has 1 aliphatic heterocycles. The second-order valence-corrected chi connectivity index (χ2v) is 3.51. The average molecular weight is 208 g/mol. The lowest BCUT2D eigenvalue weighted by Crippen LogP contribution is -2.29. The summed E-state index contributed by atoms with van der Waals surface area (Å²) in [6, 6.07) is 0. The summed E-state index contributed by atoms with van der Waals surface area (Å²) >= 11 is 0. The lowest BCUT2D eigenvalue weighted by Gasteiger charge is -2.19. The molecule has 0 bridgehead atoms. The van der Waals surface area contributed by atoms with Crippen LogP contribution in [0.4, 0.5) is 5.95 Å². The Hall–Kier alpha value is -1.36. The van der Waals surface area contributed by atoms with Crippen LogP contribution < -0.4 is 15.0 Å². The first-order valence-electron chi connectivity index (χ1n) is 5.22. The molecule has 0 saturated carbocycles. The van der Waals surface area contributed by atoms with Crippen molar-refractivity contribution in [2.24, 2.45) is 0 Å². The zero-order chi connectivity index (χ0) is 10.5. The molecule has 0 aromatic carbocycles. The van der Waals surface area contributed by atoms with Gasteiger partial charge < -0.3 is 15.0 Å². The van der Waals surface area contributed by atoms with Gasteiger partial charge >= 0.3 is 0 Å². The number of nitrogens with zero attached hydrogens (tertiary/aromatic N) is 3. The van der Waals surface area contributed by atoms with Crippen LogP contribution in [0.1, 0.15) is 6.42 Å².